The highest BCUT2D eigenvalue weighted by Crippen LogP contribution is 2.47. The lowest BCUT2D eigenvalue weighted by Crippen LogP contribution is -2.50. The summed E-state index contributed by atoms with van der Waals surface area (Å²) in [6, 6.07) is 11.8. The minimum atomic E-state index is -2.94. The van der Waals surface area contributed by atoms with Gasteiger partial charge in [-0.3, -0.25) is 14.3 Å². The maximum atomic E-state index is 13.9. The Labute approximate surface area is 301 Å². The van der Waals surface area contributed by atoms with Gasteiger partial charge in [0.2, 0.25) is 5.91 Å². The van der Waals surface area contributed by atoms with Gasteiger partial charge in [0.15, 0.2) is 0 Å². The molecule has 1 saturated heterocycles. The number of nitrogens with one attached hydrogen (secondary N) is 1. The normalized spacial score (nSPS) is 32.1. The van der Waals surface area contributed by atoms with Gasteiger partial charge in [-0.15, -0.1) is 0 Å². The van der Waals surface area contributed by atoms with E-state index in [1.54, 1.807) is 6.07 Å². The monoisotopic (exact) mass is 723 g/mol. The minimum absolute atomic E-state index is 0.00701. The molecule has 7 rings (SSSR count). The Kier molecular flexibility index (Phi) is 10.5. The van der Waals surface area contributed by atoms with Crippen molar-refractivity contribution in [1.82, 2.24) is 9.62 Å². The van der Waals surface area contributed by atoms with Crippen molar-refractivity contribution in [2.45, 2.75) is 75.1 Å². The third kappa shape index (κ3) is 7.31. The molecule has 270 valence electrons. The number of fused-ring (bicyclic) bond motifs is 4. The van der Waals surface area contributed by atoms with Crippen LogP contribution < -0.4 is 14.4 Å². The zero-order valence-corrected chi connectivity index (χ0v) is 30.7. The molecule has 0 aromatic heterocycles. The van der Waals surface area contributed by atoms with E-state index < -0.39 is 9.71 Å². The van der Waals surface area contributed by atoms with Gasteiger partial charge in [-0.1, -0.05) is 36.7 Å². The number of nitrogens with zero attached hydrogens (tertiary/aromatic N) is 2. The lowest BCUT2D eigenvalue weighted by atomic mass is 9.68. The molecule has 3 heterocycles. The van der Waals surface area contributed by atoms with Crippen LogP contribution in [0.15, 0.2) is 48.6 Å². The molecule has 1 N–H and O–H groups in total. The van der Waals surface area contributed by atoms with Crippen LogP contribution in [0.4, 0.5) is 5.69 Å². The number of hydrogen-bond donors (Lipinski definition) is 1. The summed E-state index contributed by atoms with van der Waals surface area (Å²) in [5.74, 6) is 4.91. The van der Waals surface area contributed by atoms with Gasteiger partial charge in [0.1, 0.15) is 12.4 Å². The quantitative estimate of drug-likeness (QED) is 0.326. The van der Waals surface area contributed by atoms with E-state index in [1.165, 1.54) is 11.1 Å². The topological polar surface area (TPSA) is 97.4 Å². The highest BCUT2D eigenvalue weighted by atomic mass is 35.5. The first kappa shape index (κ1) is 35.4. The van der Waals surface area contributed by atoms with E-state index >= 15 is 0 Å². The molecule has 2 aliphatic carbocycles. The van der Waals surface area contributed by atoms with Crippen molar-refractivity contribution in [1.29, 1.82) is 0 Å². The van der Waals surface area contributed by atoms with E-state index in [0.717, 1.165) is 61.7 Å². The molecule has 9 nitrogen and oxygen atoms in total. The van der Waals surface area contributed by atoms with Crippen molar-refractivity contribution in [2.75, 3.05) is 57.5 Å². The number of aryl methyl sites for hydroxylation is 1. The lowest BCUT2D eigenvalue weighted by molar-refractivity contribution is -0.143. The van der Waals surface area contributed by atoms with Gasteiger partial charge >= 0.3 is 0 Å². The van der Waals surface area contributed by atoms with Crippen molar-refractivity contribution in [2.24, 2.45) is 11.8 Å². The number of anilines is 1. The SMILES string of the molecule is C=S1(=O)NC(=O)c2ccc3c(c2)N(C[C@@H]2CC[C@H]2[C@@H](OCC(=O)N2CCOCC2)/C=C/CC[C@H]1CC)C[C@@]1(CCCc2cc(Cl)ccc21)CO3. The minimum Gasteiger partial charge on any atom is -0.490 e. The fourth-order valence-corrected chi connectivity index (χ4v) is 10.5. The Morgan fingerprint density at radius 2 is 2.00 bits per heavy atom. The number of ether oxygens (including phenoxy) is 3. The van der Waals surface area contributed by atoms with Gasteiger partial charge in [0.05, 0.1) is 41.3 Å². The second-order valence-electron chi connectivity index (χ2n) is 14.8. The van der Waals surface area contributed by atoms with Crippen LogP contribution in [0.5, 0.6) is 5.75 Å². The summed E-state index contributed by atoms with van der Waals surface area (Å²) < 4.78 is 35.3. The van der Waals surface area contributed by atoms with Crippen LogP contribution >= 0.6 is 11.6 Å². The molecule has 5 aliphatic rings. The number of hydrogen-bond acceptors (Lipinski definition) is 7. The molecular formula is C39H50ClN3O6S. The molecule has 1 saturated carbocycles. The van der Waals surface area contributed by atoms with E-state index in [0.29, 0.717) is 63.7 Å². The summed E-state index contributed by atoms with van der Waals surface area (Å²) in [6.07, 6.45) is 10.9. The molecule has 1 spiro atoms. The summed E-state index contributed by atoms with van der Waals surface area (Å²) in [6.45, 7) is 6.29. The summed E-state index contributed by atoms with van der Waals surface area (Å²) in [4.78, 5) is 31.1. The van der Waals surface area contributed by atoms with Gasteiger partial charge in [0.25, 0.3) is 5.91 Å². The maximum absolute atomic E-state index is 13.9. The fraction of sp³-hybridized carbons (Fsp3) is 0.564. The van der Waals surface area contributed by atoms with Crippen molar-refractivity contribution in [3.05, 3.63) is 70.3 Å². The van der Waals surface area contributed by atoms with Gasteiger partial charge in [-0.25, -0.2) is 4.21 Å². The van der Waals surface area contributed by atoms with E-state index in [4.69, 9.17) is 25.8 Å². The molecule has 50 heavy (non-hydrogen) atoms. The third-order valence-corrected chi connectivity index (χ3v) is 14.1. The van der Waals surface area contributed by atoms with Crippen molar-refractivity contribution >= 4 is 44.7 Å². The smallest absolute Gasteiger partial charge is 0.262 e. The predicted octanol–water partition coefficient (Wildman–Crippen LogP) is 5.57. The first-order valence-electron chi connectivity index (χ1n) is 18.3. The molecule has 2 fully saturated rings. The van der Waals surface area contributed by atoms with Crippen molar-refractivity contribution in [3.63, 3.8) is 0 Å². The van der Waals surface area contributed by atoms with E-state index in [9.17, 15) is 13.8 Å². The van der Waals surface area contributed by atoms with Gasteiger partial charge in [0, 0.05) is 47.4 Å². The molecule has 0 radical (unpaired) electrons. The first-order valence-corrected chi connectivity index (χ1v) is 20.5. The van der Waals surface area contributed by atoms with Crippen LogP contribution in [-0.4, -0.2) is 90.8 Å². The largest absolute Gasteiger partial charge is 0.490 e. The number of halogens is 1. The molecule has 2 bridgehead atoms. The van der Waals surface area contributed by atoms with Gasteiger partial charge < -0.3 is 24.0 Å². The van der Waals surface area contributed by atoms with E-state index in [-0.39, 0.29) is 41.1 Å². The van der Waals surface area contributed by atoms with Gasteiger partial charge in [-0.05, 0) is 111 Å². The molecule has 2 aromatic carbocycles. The second kappa shape index (κ2) is 14.9. The number of allylic oxidation sites excluding steroid dienone is 1. The highest BCUT2D eigenvalue weighted by molar-refractivity contribution is 7.99. The number of amides is 2. The zero-order chi connectivity index (χ0) is 34.9. The third-order valence-electron chi connectivity index (χ3n) is 11.7. The summed E-state index contributed by atoms with van der Waals surface area (Å²) >= 11 is 6.47. The predicted molar refractivity (Wildman–Crippen MR) is 199 cm³/mol. The molecule has 11 heteroatoms. The molecule has 2 aromatic rings. The Morgan fingerprint density at radius 1 is 1.16 bits per heavy atom. The van der Waals surface area contributed by atoms with E-state index in [1.807, 2.05) is 30.0 Å². The van der Waals surface area contributed by atoms with Crippen LogP contribution in [0, 0.1) is 11.8 Å². The Bertz CT molecular complexity index is 1730. The van der Waals surface area contributed by atoms with Crippen LogP contribution in [-0.2, 0) is 35.8 Å². The molecule has 2 amide bonds. The standard InChI is InChI=1S/C39H50ClN3O6S/c1-3-31-8-4-5-9-35(48-24-37(44)42-17-19-47-20-18-42)32-13-10-29(32)23-43-25-39(16-6-7-27-21-30(40)12-14-33(27)39)26-49-36-15-11-28(22-34(36)43)38(45)41-50(31,2)46/h5,9,11-12,14-15,21-22,29,31-32,35H,2-4,6-8,10,13,16-20,23-26H2,1H3,(H,41,45,46)/b9-5+/t29-,31+,32+,35-,39-,50?/m0/s1. The van der Waals surface area contributed by atoms with Crippen LogP contribution in [0.1, 0.15) is 73.4 Å². The molecule has 6 atom stereocenters. The first-order chi connectivity index (χ1) is 24.2. The van der Waals surface area contributed by atoms with Crippen LogP contribution in [0.25, 0.3) is 0 Å². The fourth-order valence-electron chi connectivity index (χ4n) is 8.66. The van der Waals surface area contributed by atoms with Gasteiger partial charge in [-0.2, -0.15) is 0 Å². The number of benzene rings is 2. The lowest BCUT2D eigenvalue weighted by Gasteiger charge is -2.46. The average molecular weight is 724 g/mol. The number of carbonyl (C=O) groups is 2. The number of morpholine rings is 1. The number of carbonyl (C=O) groups excluding carboxylic acids is 2. The van der Waals surface area contributed by atoms with Crippen LogP contribution in [0.3, 0.4) is 0 Å². The summed E-state index contributed by atoms with van der Waals surface area (Å²) in [5, 5.41) is 0.457. The molecule has 3 aliphatic heterocycles. The summed E-state index contributed by atoms with van der Waals surface area (Å²) in [5.41, 5.74) is 3.61. The zero-order valence-electron chi connectivity index (χ0n) is 29.1. The Balaban J connectivity index is 1.24. The second-order valence-corrected chi connectivity index (χ2v) is 17.5. The van der Waals surface area contributed by atoms with Crippen LogP contribution in [0.2, 0.25) is 5.02 Å². The van der Waals surface area contributed by atoms with Crippen molar-refractivity contribution in [3.8, 4) is 5.75 Å². The maximum Gasteiger partial charge on any atom is 0.262 e. The van der Waals surface area contributed by atoms with E-state index in [2.05, 4.69) is 39.8 Å². The average Bonchev–Trinajstić information content (AvgIpc) is 3.25. The Morgan fingerprint density at radius 3 is 2.78 bits per heavy atom. The Hall–Kier alpha value is -3.05. The van der Waals surface area contributed by atoms with Crippen molar-refractivity contribution < 1.29 is 28.0 Å². The number of rotatable bonds is 4. The highest BCUT2D eigenvalue weighted by Gasteiger charge is 2.44. The molecule has 1 unspecified atom stereocenters. The summed E-state index contributed by atoms with van der Waals surface area (Å²) in [7, 11) is -2.94. The molecular weight excluding hydrogens is 674 g/mol.